The third-order valence-electron chi connectivity index (χ3n) is 6.18. The molecule has 196 valence electrons. The van der Waals surface area contributed by atoms with Crippen LogP contribution < -0.4 is 25.6 Å². The molecule has 0 amide bonds. The molecule has 0 N–H and O–H groups in total. The maximum Gasteiger partial charge on any atom is 0.323 e. The van der Waals surface area contributed by atoms with Crippen molar-refractivity contribution in [2.75, 3.05) is 13.2 Å². The van der Waals surface area contributed by atoms with Crippen LogP contribution in [-0.4, -0.2) is 28.2 Å². The number of hydrogen-bond acceptors (Lipinski definition) is 5. The van der Waals surface area contributed by atoms with Gasteiger partial charge in [-0.1, -0.05) is 121 Å². The summed E-state index contributed by atoms with van der Waals surface area (Å²) in [5.41, 5.74) is 3.25. The predicted octanol–water partition coefficient (Wildman–Crippen LogP) is 5.65. The van der Waals surface area contributed by atoms with Gasteiger partial charge in [-0.25, -0.2) is 0 Å². The Morgan fingerprint density at radius 1 is 0.462 bits per heavy atom. The van der Waals surface area contributed by atoms with Gasteiger partial charge in [-0.2, -0.15) is 9.97 Å². The van der Waals surface area contributed by atoms with Crippen molar-refractivity contribution >= 4 is 24.1 Å². The van der Waals surface area contributed by atoms with E-state index in [2.05, 4.69) is 102 Å². The Morgan fingerprint density at radius 3 is 1.26 bits per heavy atom. The molecule has 5 aromatic rings. The standard InChI is InChI=1S/C33H32N3O2P/c1-5-15-27(16-6-1)19-13-25-37-31-34-32(38-26-14-20-28-17-7-2-8-18-28)36-33(35-31)39(29-21-9-3-10-22-29)30-23-11-4-12-24-30/h1-12,15-18,21-24H,13-14,19-20,25-26H2. The van der Waals surface area contributed by atoms with Gasteiger partial charge in [-0.05, 0) is 47.4 Å². The predicted molar refractivity (Wildman–Crippen MR) is 159 cm³/mol. The number of rotatable bonds is 13. The molecule has 0 fully saturated rings. The smallest absolute Gasteiger partial charge is 0.323 e. The summed E-state index contributed by atoms with van der Waals surface area (Å²) in [6.45, 7) is 1.03. The van der Waals surface area contributed by atoms with Crippen LogP contribution >= 0.6 is 7.92 Å². The molecule has 0 aliphatic carbocycles. The van der Waals surface area contributed by atoms with E-state index in [1.165, 1.54) is 11.1 Å². The van der Waals surface area contributed by atoms with Gasteiger partial charge in [0, 0.05) is 7.92 Å². The largest absolute Gasteiger partial charge is 0.463 e. The maximum absolute atomic E-state index is 6.07. The average Bonchev–Trinajstić information content (AvgIpc) is 3.00. The van der Waals surface area contributed by atoms with Crippen LogP contribution in [0.3, 0.4) is 0 Å². The van der Waals surface area contributed by atoms with E-state index in [4.69, 9.17) is 19.4 Å². The molecule has 0 unspecified atom stereocenters. The molecule has 0 saturated heterocycles. The zero-order chi connectivity index (χ0) is 26.5. The van der Waals surface area contributed by atoms with Crippen LogP contribution in [0.4, 0.5) is 0 Å². The Balaban J connectivity index is 1.35. The number of ether oxygens (including phenoxy) is 2. The fraction of sp³-hybridized carbons (Fsp3) is 0.182. The normalized spacial score (nSPS) is 10.9. The number of aryl methyl sites for hydroxylation is 2. The van der Waals surface area contributed by atoms with Gasteiger partial charge in [0.1, 0.15) is 0 Å². The Bertz CT molecular complexity index is 1300. The molecule has 39 heavy (non-hydrogen) atoms. The lowest BCUT2D eigenvalue weighted by molar-refractivity contribution is 0.258. The van der Waals surface area contributed by atoms with Crippen molar-refractivity contribution in [3.8, 4) is 12.0 Å². The molecule has 1 heterocycles. The van der Waals surface area contributed by atoms with E-state index in [0.717, 1.165) is 36.3 Å². The van der Waals surface area contributed by atoms with Gasteiger partial charge in [0.15, 0.2) is 5.57 Å². The van der Waals surface area contributed by atoms with Crippen molar-refractivity contribution < 1.29 is 9.47 Å². The van der Waals surface area contributed by atoms with Crippen molar-refractivity contribution in [3.05, 3.63) is 132 Å². The Hall–Kier alpha value is -4.08. The zero-order valence-corrected chi connectivity index (χ0v) is 22.8. The Morgan fingerprint density at radius 2 is 0.846 bits per heavy atom. The number of benzene rings is 4. The van der Waals surface area contributed by atoms with Crippen LogP contribution in [0.15, 0.2) is 121 Å². The molecule has 4 aromatic carbocycles. The highest BCUT2D eigenvalue weighted by atomic mass is 31.1. The van der Waals surface area contributed by atoms with E-state index < -0.39 is 7.92 Å². The molecule has 6 heteroatoms. The molecule has 0 saturated carbocycles. The highest BCUT2D eigenvalue weighted by Gasteiger charge is 2.22. The molecule has 1 aromatic heterocycles. The molecule has 0 radical (unpaired) electrons. The molecule has 5 nitrogen and oxygen atoms in total. The van der Waals surface area contributed by atoms with Crippen molar-refractivity contribution in [2.24, 2.45) is 0 Å². The molecule has 5 rings (SSSR count). The molecule has 0 atom stereocenters. The van der Waals surface area contributed by atoms with Crippen LogP contribution in [0, 0.1) is 0 Å². The molecule has 0 aliphatic rings. The minimum atomic E-state index is -1.01. The van der Waals surface area contributed by atoms with E-state index >= 15 is 0 Å². The lowest BCUT2D eigenvalue weighted by Gasteiger charge is -2.18. The first kappa shape index (κ1) is 26.5. The lowest BCUT2D eigenvalue weighted by atomic mass is 10.1. The summed E-state index contributed by atoms with van der Waals surface area (Å²) in [5.74, 6) is 0. The van der Waals surface area contributed by atoms with Crippen LogP contribution in [0.5, 0.6) is 12.0 Å². The summed E-state index contributed by atoms with van der Waals surface area (Å²) in [6, 6.07) is 42.2. The molecule has 0 bridgehead atoms. The third kappa shape index (κ3) is 7.95. The van der Waals surface area contributed by atoms with E-state index in [1.54, 1.807) is 0 Å². The number of aromatic nitrogens is 3. The van der Waals surface area contributed by atoms with E-state index in [9.17, 15) is 0 Å². The van der Waals surface area contributed by atoms with E-state index in [0.29, 0.717) is 30.8 Å². The van der Waals surface area contributed by atoms with Gasteiger partial charge in [-0.15, -0.1) is 4.98 Å². The molecular weight excluding hydrogens is 501 g/mol. The highest BCUT2D eigenvalue weighted by molar-refractivity contribution is 7.79. The molecular formula is C33H32N3O2P. The summed E-state index contributed by atoms with van der Waals surface area (Å²) < 4.78 is 12.1. The zero-order valence-electron chi connectivity index (χ0n) is 21.9. The van der Waals surface area contributed by atoms with Gasteiger partial charge in [0.25, 0.3) is 0 Å². The first-order chi connectivity index (χ1) is 19.3. The van der Waals surface area contributed by atoms with Crippen LogP contribution in [0.2, 0.25) is 0 Å². The van der Waals surface area contributed by atoms with Gasteiger partial charge < -0.3 is 9.47 Å². The second-order valence-electron chi connectivity index (χ2n) is 9.08. The monoisotopic (exact) mass is 533 g/mol. The van der Waals surface area contributed by atoms with Crippen molar-refractivity contribution in [2.45, 2.75) is 25.7 Å². The molecule has 0 spiro atoms. The topological polar surface area (TPSA) is 57.1 Å². The van der Waals surface area contributed by atoms with Crippen LogP contribution in [0.25, 0.3) is 0 Å². The first-order valence-electron chi connectivity index (χ1n) is 13.3. The van der Waals surface area contributed by atoms with Crippen molar-refractivity contribution in [1.29, 1.82) is 0 Å². The van der Waals surface area contributed by atoms with Crippen molar-refractivity contribution in [3.63, 3.8) is 0 Å². The van der Waals surface area contributed by atoms with Crippen molar-refractivity contribution in [1.82, 2.24) is 15.0 Å². The Kier molecular flexibility index (Phi) is 9.64. The van der Waals surface area contributed by atoms with Gasteiger partial charge in [0.05, 0.1) is 13.2 Å². The first-order valence-corrected chi connectivity index (χ1v) is 14.7. The summed E-state index contributed by atoms with van der Waals surface area (Å²) in [5, 5.41) is 2.32. The minimum Gasteiger partial charge on any atom is -0.463 e. The fourth-order valence-electron chi connectivity index (χ4n) is 4.26. The maximum atomic E-state index is 6.07. The minimum absolute atomic E-state index is 0.311. The molecule has 0 aliphatic heterocycles. The lowest BCUT2D eigenvalue weighted by Crippen LogP contribution is -2.27. The summed E-state index contributed by atoms with van der Waals surface area (Å²) >= 11 is 0. The second-order valence-corrected chi connectivity index (χ2v) is 11.2. The number of nitrogens with zero attached hydrogens (tertiary/aromatic N) is 3. The third-order valence-corrected chi connectivity index (χ3v) is 8.41. The average molecular weight is 534 g/mol. The van der Waals surface area contributed by atoms with Crippen LogP contribution in [0.1, 0.15) is 24.0 Å². The van der Waals surface area contributed by atoms with Gasteiger partial charge in [-0.3, -0.25) is 0 Å². The quantitative estimate of drug-likeness (QED) is 0.145. The Labute approximate surface area is 231 Å². The second kappa shape index (κ2) is 14.2. The summed E-state index contributed by atoms with van der Waals surface area (Å²) in [7, 11) is -1.01. The van der Waals surface area contributed by atoms with Crippen LogP contribution in [-0.2, 0) is 12.8 Å². The highest BCUT2D eigenvalue weighted by Crippen LogP contribution is 2.32. The van der Waals surface area contributed by atoms with E-state index in [1.807, 2.05) is 24.3 Å². The van der Waals surface area contributed by atoms with Gasteiger partial charge in [0.2, 0.25) is 0 Å². The number of hydrogen-bond donors (Lipinski definition) is 0. The summed E-state index contributed by atoms with van der Waals surface area (Å²) in [6.07, 6.45) is 3.60. The SMILES string of the molecule is c1ccc(CCCOc2nc(OCCCc3ccccc3)nc(P(c3ccccc3)c3ccccc3)n2)cc1. The van der Waals surface area contributed by atoms with E-state index in [-0.39, 0.29) is 0 Å². The van der Waals surface area contributed by atoms with Gasteiger partial charge >= 0.3 is 12.0 Å². The summed E-state index contributed by atoms with van der Waals surface area (Å²) in [4.78, 5) is 14.2. The fourth-order valence-corrected chi connectivity index (χ4v) is 6.33.